The molecular weight excluding hydrogens is 274 g/mol. The van der Waals surface area contributed by atoms with E-state index in [0.717, 1.165) is 27.6 Å². The van der Waals surface area contributed by atoms with E-state index in [4.69, 9.17) is 0 Å². The highest BCUT2D eigenvalue weighted by molar-refractivity contribution is 5.98. The molecule has 0 atom stereocenters. The fourth-order valence-corrected chi connectivity index (χ4v) is 2.95. The minimum Gasteiger partial charge on any atom is -0.313 e. The molecule has 0 saturated heterocycles. The lowest BCUT2D eigenvalue weighted by Gasteiger charge is -2.11. The van der Waals surface area contributed by atoms with Crippen molar-refractivity contribution in [2.24, 2.45) is 0 Å². The van der Waals surface area contributed by atoms with E-state index in [-0.39, 0.29) is 5.56 Å². The molecule has 0 radical (unpaired) electrons. The van der Waals surface area contributed by atoms with Gasteiger partial charge in [0.1, 0.15) is 0 Å². The van der Waals surface area contributed by atoms with Crippen molar-refractivity contribution in [3.63, 3.8) is 0 Å². The second kappa shape index (κ2) is 4.77. The molecule has 0 saturated carbocycles. The summed E-state index contributed by atoms with van der Waals surface area (Å²) in [5, 5.41) is 1.72. The summed E-state index contributed by atoms with van der Waals surface area (Å²) in [6.45, 7) is 1.96. The Morgan fingerprint density at radius 1 is 0.909 bits per heavy atom. The van der Waals surface area contributed by atoms with Crippen LogP contribution in [0.25, 0.3) is 32.9 Å². The van der Waals surface area contributed by atoms with Crippen LogP contribution < -0.4 is 5.56 Å². The number of hydrogen-bond acceptors (Lipinski definition) is 3. The summed E-state index contributed by atoms with van der Waals surface area (Å²) in [5.41, 5.74) is 4.59. The number of aromatic amines is 1. The van der Waals surface area contributed by atoms with Gasteiger partial charge in [0.05, 0.1) is 22.7 Å². The highest BCUT2D eigenvalue weighted by atomic mass is 16.1. The van der Waals surface area contributed by atoms with Gasteiger partial charge in [-0.2, -0.15) is 0 Å². The van der Waals surface area contributed by atoms with Crippen molar-refractivity contribution in [3.05, 3.63) is 70.9 Å². The molecule has 0 aliphatic carbocycles. The summed E-state index contributed by atoms with van der Waals surface area (Å²) in [7, 11) is 0. The molecule has 0 unspecified atom stereocenters. The van der Waals surface area contributed by atoms with Crippen molar-refractivity contribution in [2.75, 3.05) is 0 Å². The van der Waals surface area contributed by atoms with Crippen LogP contribution in [0.15, 0.2) is 59.8 Å². The fraction of sp³-hybridized carbons (Fsp3) is 0.0556. The van der Waals surface area contributed by atoms with Crippen LogP contribution in [0, 0.1) is 6.92 Å². The first-order chi connectivity index (χ1) is 10.8. The standard InChI is InChI=1S/C18H13N3O/c1-11-12(7-8-16-17(11)18(22)21-10-20-16)13-4-2-6-15-14(13)5-3-9-19-15/h2-10H,1H3,(H,20,21,22). The summed E-state index contributed by atoms with van der Waals surface area (Å²) >= 11 is 0. The zero-order valence-electron chi connectivity index (χ0n) is 12.0. The number of nitrogens with one attached hydrogen (secondary N) is 1. The second-order valence-electron chi connectivity index (χ2n) is 5.24. The van der Waals surface area contributed by atoms with E-state index < -0.39 is 0 Å². The van der Waals surface area contributed by atoms with Gasteiger partial charge in [-0.05, 0) is 41.8 Å². The van der Waals surface area contributed by atoms with E-state index in [0.29, 0.717) is 10.9 Å². The lowest BCUT2D eigenvalue weighted by atomic mass is 9.94. The molecule has 2 aromatic carbocycles. The number of H-pyrrole nitrogens is 1. The Morgan fingerprint density at radius 2 is 1.82 bits per heavy atom. The van der Waals surface area contributed by atoms with Gasteiger partial charge in [0.2, 0.25) is 0 Å². The topological polar surface area (TPSA) is 58.6 Å². The van der Waals surface area contributed by atoms with Gasteiger partial charge < -0.3 is 4.98 Å². The van der Waals surface area contributed by atoms with Crippen molar-refractivity contribution in [1.29, 1.82) is 0 Å². The summed E-state index contributed by atoms with van der Waals surface area (Å²) < 4.78 is 0. The van der Waals surface area contributed by atoms with E-state index >= 15 is 0 Å². The first-order valence-electron chi connectivity index (χ1n) is 7.07. The molecule has 2 aromatic heterocycles. The molecule has 4 nitrogen and oxygen atoms in total. The van der Waals surface area contributed by atoms with Gasteiger partial charge in [0.15, 0.2) is 0 Å². The maximum absolute atomic E-state index is 12.1. The monoisotopic (exact) mass is 287 g/mol. The van der Waals surface area contributed by atoms with E-state index in [1.807, 2.05) is 37.3 Å². The van der Waals surface area contributed by atoms with Crippen molar-refractivity contribution >= 4 is 21.8 Å². The van der Waals surface area contributed by atoms with E-state index in [9.17, 15) is 4.79 Å². The third kappa shape index (κ3) is 1.81. The third-order valence-corrected chi connectivity index (χ3v) is 4.01. The molecule has 22 heavy (non-hydrogen) atoms. The van der Waals surface area contributed by atoms with Gasteiger partial charge in [-0.3, -0.25) is 9.78 Å². The Kier molecular flexibility index (Phi) is 2.76. The van der Waals surface area contributed by atoms with Crippen LogP contribution in [-0.4, -0.2) is 15.0 Å². The van der Waals surface area contributed by atoms with E-state index in [1.165, 1.54) is 6.33 Å². The lowest BCUT2D eigenvalue weighted by Crippen LogP contribution is -2.08. The number of aryl methyl sites for hydroxylation is 1. The van der Waals surface area contributed by atoms with Gasteiger partial charge >= 0.3 is 0 Å². The van der Waals surface area contributed by atoms with E-state index in [1.54, 1.807) is 6.20 Å². The molecule has 0 fully saturated rings. The minimum absolute atomic E-state index is 0.109. The van der Waals surface area contributed by atoms with Gasteiger partial charge in [-0.1, -0.05) is 24.3 Å². The van der Waals surface area contributed by atoms with Crippen molar-refractivity contribution < 1.29 is 0 Å². The Bertz CT molecular complexity index is 1060. The Balaban J connectivity index is 2.12. The number of fused-ring (bicyclic) bond motifs is 2. The van der Waals surface area contributed by atoms with Gasteiger partial charge in [-0.15, -0.1) is 0 Å². The predicted molar refractivity (Wildman–Crippen MR) is 87.8 cm³/mol. The first-order valence-corrected chi connectivity index (χ1v) is 7.07. The molecule has 4 heteroatoms. The number of aromatic nitrogens is 3. The summed E-state index contributed by atoms with van der Waals surface area (Å²) in [5.74, 6) is 0. The largest absolute Gasteiger partial charge is 0.313 e. The van der Waals surface area contributed by atoms with Crippen LogP contribution in [0.1, 0.15) is 5.56 Å². The van der Waals surface area contributed by atoms with Crippen LogP contribution in [0.5, 0.6) is 0 Å². The SMILES string of the molecule is Cc1c(-c2cccc3ncccc23)ccc2nc[nH]c(=O)c12. The first kappa shape index (κ1) is 12.7. The molecule has 106 valence electrons. The molecule has 0 aliphatic heterocycles. The van der Waals surface area contributed by atoms with Crippen molar-refractivity contribution in [2.45, 2.75) is 6.92 Å². The average Bonchev–Trinajstić information content (AvgIpc) is 2.55. The zero-order valence-corrected chi connectivity index (χ0v) is 12.0. The van der Waals surface area contributed by atoms with Gasteiger partial charge in [0, 0.05) is 11.6 Å². The average molecular weight is 287 g/mol. The Hall–Kier alpha value is -3.01. The van der Waals surface area contributed by atoms with Crippen LogP contribution in [-0.2, 0) is 0 Å². The molecule has 0 aliphatic rings. The molecular formula is C18H13N3O. The zero-order chi connectivity index (χ0) is 15.1. The molecule has 2 heterocycles. The second-order valence-corrected chi connectivity index (χ2v) is 5.24. The smallest absolute Gasteiger partial charge is 0.258 e. The Labute approximate surface area is 126 Å². The number of nitrogens with zero attached hydrogens (tertiary/aromatic N) is 2. The molecule has 0 spiro atoms. The number of benzene rings is 2. The van der Waals surface area contributed by atoms with Crippen molar-refractivity contribution in [3.8, 4) is 11.1 Å². The van der Waals surface area contributed by atoms with Crippen molar-refractivity contribution in [1.82, 2.24) is 15.0 Å². The summed E-state index contributed by atoms with van der Waals surface area (Å²) in [6.07, 6.45) is 3.22. The van der Waals surface area contributed by atoms with Gasteiger partial charge in [-0.25, -0.2) is 4.98 Å². The maximum atomic E-state index is 12.1. The molecule has 0 bridgehead atoms. The quantitative estimate of drug-likeness (QED) is 0.583. The maximum Gasteiger partial charge on any atom is 0.258 e. The predicted octanol–water partition coefficient (Wildman–Crippen LogP) is 3.45. The summed E-state index contributed by atoms with van der Waals surface area (Å²) in [4.78, 5) is 23.4. The van der Waals surface area contributed by atoms with Crippen LogP contribution in [0.2, 0.25) is 0 Å². The van der Waals surface area contributed by atoms with Gasteiger partial charge in [0.25, 0.3) is 5.56 Å². The summed E-state index contributed by atoms with van der Waals surface area (Å²) in [6, 6.07) is 13.9. The molecule has 4 aromatic rings. The number of rotatable bonds is 1. The highest BCUT2D eigenvalue weighted by Crippen LogP contribution is 2.32. The molecule has 4 rings (SSSR count). The molecule has 1 N–H and O–H groups in total. The number of pyridine rings is 1. The van der Waals surface area contributed by atoms with Crippen LogP contribution in [0.3, 0.4) is 0 Å². The van der Waals surface area contributed by atoms with E-state index in [2.05, 4.69) is 27.1 Å². The highest BCUT2D eigenvalue weighted by Gasteiger charge is 2.11. The third-order valence-electron chi connectivity index (χ3n) is 4.01. The van der Waals surface area contributed by atoms with Crippen LogP contribution in [0.4, 0.5) is 0 Å². The number of hydrogen-bond donors (Lipinski definition) is 1. The van der Waals surface area contributed by atoms with Crippen LogP contribution >= 0.6 is 0 Å². The normalized spacial score (nSPS) is 11.1. The lowest BCUT2D eigenvalue weighted by molar-refractivity contribution is 1.17. The molecule has 0 amide bonds. The fourth-order valence-electron chi connectivity index (χ4n) is 2.95. The Morgan fingerprint density at radius 3 is 2.73 bits per heavy atom. The minimum atomic E-state index is -0.109.